The van der Waals surface area contributed by atoms with E-state index in [1.54, 1.807) is 37.6 Å². The summed E-state index contributed by atoms with van der Waals surface area (Å²) in [6.07, 6.45) is 0. The van der Waals surface area contributed by atoms with E-state index in [0.717, 1.165) is 17.7 Å². The van der Waals surface area contributed by atoms with Crippen LogP contribution in [0.1, 0.15) is 38.8 Å². The maximum absolute atomic E-state index is 13.9. The molecular weight excluding hydrogens is 449 g/mol. The lowest BCUT2D eigenvalue weighted by atomic mass is 10.2. The van der Waals surface area contributed by atoms with E-state index in [9.17, 15) is 18.0 Å². The van der Waals surface area contributed by atoms with Crippen LogP contribution in [-0.2, 0) is 13.2 Å². The van der Waals surface area contributed by atoms with E-state index in [4.69, 9.17) is 9.26 Å². The quantitative estimate of drug-likeness (QED) is 0.407. The molecular formula is C24H21F3N4O3. The third kappa shape index (κ3) is 4.80. The Morgan fingerprint density at radius 1 is 1.06 bits per heavy atom. The SMILES string of the molecule is Cc1nn(Cc2ccc(F)cc2)c(C)c1NC(=O)c1noc(C)c1COc1ccc(F)cc1F. The number of ether oxygens (including phenoxy) is 1. The molecule has 2 heterocycles. The summed E-state index contributed by atoms with van der Waals surface area (Å²) in [6, 6.07) is 9.02. The highest BCUT2D eigenvalue weighted by Crippen LogP contribution is 2.24. The number of nitrogens with one attached hydrogen (secondary N) is 1. The third-order valence-corrected chi connectivity index (χ3v) is 5.33. The van der Waals surface area contributed by atoms with Crippen molar-refractivity contribution in [2.75, 3.05) is 5.32 Å². The second-order valence-corrected chi connectivity index (χ2v) is 7.71. The van der Waals surface area contributed by atoms with Gasteiger partial charge in [-0.1, -0.05) is 17.3 Å². The number of hydrogen-bond donors (Lipinski definition) is 1. The van der Waals surface area contributed by atoms with Crippen molar-refractivity contribution >= 4 is 11.6 Å². The number of nitrogens with zero attached hydrogens (tertiary/aromatic N) is 3. The van der Waals surface area contributed by atoms with Gasteiger partial charge in [-0.25, -0.2) is 13.2 Å². The van der Waals surface area contributed by atoms with Gasteiger partial charge >= 0.3 is 0 Å². The Morgan fingerprint density at radius 2 is 1.76 bits per heavy atom. The monoisotopic (exact) mass is 470 g/mol. The first kappa shape index (κ1) is 23.1. The lowest BCUT2D eigenvalue weighted by Gasteiger charge is -2.09. The summed E-state index contributed by atoms with van der Waals surface area (Å²) in [7, 11) is 0. The lowest BCUT2D eigenvalue weighted by Crippen LogP contribution is -2.16. The molecule has 0 saturated carbocycles. The van der Waals surface area contributed by atoms with Crippen LogP contribution >= 0.6 is 0 Å². The Labute approximate surface area is 193 Å². The van der Waals surface area contributed by atoms with Gasteiger partial charge in [0.05, 0.1) is 29.2 Å². The zero-order chi connectivity index (χ0) is 24.4. The van der Waals surface area contributed by atoms with Gasteiger partial charge in [-0.05, 0) is 50.6 Å². The Bertz CT molecular complexity index is 1350. The molecule has 34 heavy (non-hydrogen) atoms. The molecule has 0 aliphatic carbocycles. The molecule has 7 nitrogen and oxygen atoms in total. The van der Waals surface area contributed by atoms with Crippen LogP contribution in [0.25, 0.3) is 0 Å². The zero-order valence-corrected chi connectivity index (χ0v) is 18.7. The van der Waals surface area contributed by atoms with Crippen LogP contribution in [0.4, 0.5) is 18.9 Å². The van der Waals surface area contributed by atoms with Crippen molar-refractivity contribution in [3.05, 3.63) is 93.9 Å². The summed E-state index contributed by atoms with van der Waals surface area (Å²) >= 11 is 0. The van der Waals surface area contributed by atoms with E-state index in [1.807, 2.05) is 0 Å². The Hall–Kier alpha value is -4.08. The Balaban J connectivity index is 1.51. The molecule has 0 aliphatic heterocycles. The largest absolute Gasteiger partial charge is 0.486 e. The molecule has 0 spiro atoms. The normalized spacial score (nSPS) is 11.0. The van der Waals surface area contributed by atoms with E-state index in [0.29, 0.717) is 41.0 Å². The summed E-state index contributed by atoms with van der Waals surface area (Å²) in [5, 5.41) is 11.1. The predicted octanol–water partition coefficient (Wildman–Crippen LogP) is 5.09. The van der Waals surface area contributed by atoms with Crippen molar-refractivity contribution in [2.45, 2.75) is 33.9 Å². The number of carbonyl (C=O) groups is 1. The molecule has 0 aliphatic rings. The first-order valence-electron chi connectivity index (χ1n) is 10.4. The molecule has 10 heteroatoms. The minimum absolute atomic E-state index is 0.0231. The van der Waals surface area contributed by atoms with Gasteiger partial charge in [0, 0.05) is 6.07 Å². The van der Waals surface area contributed by atoms with E-state index >= 15 is 0 Å². The Morgan fingerprint density at radius 3 is 2.47 bits per heavy atom. The van der Waals surface area contributed by atoms with Crippen LogP contribution in [0.3, 0.4) is 0 Å². The average Bonchev–Trinajstić information content (AvgIpc) is 3.29. The van der Waals surface area contributed by atoms with Crippen molar-refractivity contribution in [1.29, 1.82) is 0 Å². The number of halogens is 3. The summed E-state index contributed by atoms with van der Waals surface area (Å²) in [5.41, 5.74) is 2.94. The van der Waals surface area contributed by atoms with Crippen LogP contribution in [0.15, 0.2) is 47.0 Å². The van der Waals surface area contributed by atoms with E-state index in [1.165, 1.54) is 12.1 Å². The molecule has 1 N–H and O–H groups in total. The van der Waals surface area contributed by atoms with Crippen molar-refractivity contribution in [2.24, 2.45) is 0 Å². The topological polar surface area (TPSA) is 82.2 Å². The zero-order valence-electron chi connectivity index (χ0n) is 18.7. The number of aromatic nitrogens is 3. The Kier molecular flexibility index (Phi) is 6.40. The van der Waals surface area contributed by atoms with Crippen LogP contribution in [0.5, 0.6) is 5.75 Å². The number of amides is 1. The minimum atomic E-state index is -0.861. The standard InChI is InChI=1S/C24H21F3N4O3/c1-13-22(14(2)31(29-13)11-16-4-6-17(25)7-5-16)28-24(32)23-19(15(3)34-30-23)12-33-21-9-8-18(26)10-20(21)27/h4-10H,11-12H2,1-3H3,(H,28,32). The molecule has 2 aromatic heterocycles. The predicted molar refractivity (Wildman–Crippen MR) is 117 cm³/mol. The van der Waals surface area contributed by atoms with E-state index in [-0.39, 0.29) is 23.9 Å². The first-order chi connectivity index (χ1) is 16.2. The number of aryl methyl sites for hydroxylation is 2. The van der Waals surface area contributed by atoms with Gasteiger partial charge in [-0.15, -0.1) is 0 Å². The fourth-order valence-corrected chi connectivity index (χ4v) is 3.45. The minimum Gasteiger partial charge on any atom is -0.486 e. The summed E-state index contributed by atoms with van der Waals surface area (Å²) in [5.74, 6) is -2.30. The van der Waals surface area contributed by atoms with Gasteiger partial charge in [-0.3, -0.25) is 9.48 Å². The van der Waals surface area contributed by atoms with Crippen LogP contribution in [0, 0.1) is 38.2 Å². The summed E-state index contributed by atoms with van der Waals surface area (Å²) in [4.78, 5) is 13.0. The second-order valence-electron chi connectivity index (χ2n) is 7.71. The van der Waals surface area contributed by atoms with Crippen molar-refractivity contribution in [3.8, 4) is 5.75 Å². The van der Waals surface area contributed by atoms with Crippen LogP contribution in [0.2, 0.25) is 0 Å². The molecule has 4 rings (SSSR count). The third-order valence-electron chi connectivity index (χ3n) is 5.33. The van der Waals surface area contributed by atoms with Gasteiger partial charge in [0.25, 0.3) is 5.91 Å². The van der Waals surface area contributed by atoms with Gasteiger partial charge in [0.1, 0.15) is 24.0 Å². The highest BCUT2D eigenvalue weighted by atomic mass is 19.1. The van der Waals surface area contributed by atoms with Crippen LogP contribution in [-0.4, -0.2) is 20.8 Å². The van der Waals surface area contributed by atoms with Gasteiger partial charge in [-0.2, -0.15) is 5.10 Å². The van der Waals surface area contributed by atoms with Crippen molar-refractivity contribution < 1.29 is 27.2 Å². The average molecular weight is 470 g/mol. The molecule has 176 valence electrons. The fourth-order valence-electron chi connectivity index (χ4n) is 3.45. The van der Waals surface area contributed by atoms with E-state index in [2.05, 4.69) is 15.6 Å². The van der Waals surface area contributed by atoms with E-state index < -0.39 is 17.5 Å². The molecule has 0 bridgehead atoms. The highest BCUT2D eigenvalue weighted by Gasteiger charge is 2.23. The maximum Gasteiger partial charge on any atom is 0.278 e. The second kappa shape index (κ2) is 9.42. The molecule has 0 unspecified atom stereocenters. The molecule has 0 radical (unpaired) electrons. The van der Waals surface area contributed by atoms with Gasteiger partial charge in [0.15, 0.2) is 17.3 Å². The van der Waals surface area contributed by atoms with Crippen molar-refractivity contribution in [3.63, 3.8) is 0 Å². The molecule has 0 saturated heterocycles. The smallest absolute Gasteiger partial charge is 0.278 e. The van der Waals surface area contributed by atoms with Gasteiger partial charge in [0.2, 0.25) is 0 Å². The summed E-state index contributed by atoms with van der Waals surface area (Å²) < 4.78 is 52.4. The molecule has 0 atom stereocenters. The highest BCUT2D eigenvalue weighted by molar-refractivity contribution is 6.04. The number of carbonyl (C=O) groups excluding carboxylic acids is 1. The molecule has 0 fully saturated rings. The number of anilines is 1. The molecule has 4 aromatic rings. The first-order valence-corrected chi connectivity index (χ1v) is 10.4. The summed E-state index contributed by atoms with van der Waals surface area (Å²) in [6.45, 7) is 5.34. The molecule has 1 amide bonds. The van der Waals surface area contributed by atoms with Crippen LogP contribution < -0.4 is 10.1 Å². The fraction of sp³-hybridized carbons (Fsp3) is 0.208. The number of benzene rings is 2. The number of rotatable bonds is 7. The maximum atomic E-state index is 13.9. The van der Waals surface area contributed by atoms with Gasteiger partial charge < -0.3 is 14.6 Å². The van der Waals surface area contributed by atoms with Crippen molar-refractivity contribution in [1.82, 2.24) is 14.9 Å². The molecule has 2 aromatic carbocycles. The number of hydrogen-bond acceptors (Lipinski definition) is 5. The lowest BCUT2D eigenvalue weighted by molar-refractivity contribution is 0.101.